The molecule has 0 saturated carbocycles. The first-order chi connectivity index (χ1) is 18.0. The third-order valence-corrected chi connectivity index (χ3v) is 6.74. The molecule has 4 rings (SSSR count). The molecule has 0 heterocycles. The Hall–Kier alpha value is -4.09. The van der Waals surface area contributed by atoms with E-state index in [0.717, 1.165) is 39.3 Å². The molecule has 0 saturated heterocycles. The van der Waals surface area contributed by atoms with Crippen LogP contribution in [-0.2, 0) is 11.3 Å². The van der Waals surface area contributed by atoms with Crippen LogP contribution in [0.1, 0.15) is 42.1 Å². The second-order valence-electron chi connectivity index (χ2n) is 9.05. The number of rotatable bonds is 11. The van der Waals surface area contributed by atoms with Gasteiger partial charge in [0.2, 0.25) is 0 Å². The van der Waals surface area contributed by atoms with Crippen molar-refractivity contribution in [2.24, 2.45) is 0 Å². The second kappa shape index (κ2) is 12.2. The summed E-state index contributed by atoms with van der Waals surface area (Å²) in [4.78, 5) is 14.5. The lowest BCUT2D eigenvalue weighted by Crippen LogP contribution is -2.32. The van der Waals surface area contributed by atoms with Crippen LogP contribution in [0.5, 0.6) is 11.5 Å². The Morgan fingerprint density at radius 3 is 2.16 bits per heavy atom. The van der Waals surface area contributed by atoms with E-state index in [-0.39, 0.29) is 18.5 Å². The topological polar surface area (TPSA) is 59.0 Å². The molecule has 5 heteroatoms. The van der Waals surface area contributed by atoms with Crippen LogP contribution in [-0.4, -0.2) is 30.2 Å². The first kappa shape index (κ1) is 26.0. The van der Waals surface area contributed by atoms with E-state index in [4.69, 9.17) is 9.47 Å². The van der Waals surface area contributed by atoms with Crippen LogP contribution >= 0.6 is 0 Å². The molecule has 2 atom stereocenters. The lowest BCUT2D eigenvalue weighted by Gasteiger charge is -2.37. The number of hydrogen-bond acceptors (Lipinski definition) is 4. The van der Waals surface area contributed by atoms with Crippen molar-refractivity contribution in [3.8, 4) is 22.6 Å². The Morgan fingerprint density at radius 1 is 0.811 bits per heavy atom. The van der Waals surface area contributed by atoms with Gasteiger partial charge >= 0.3 is 5.97 Å². The zero-order valence-corrected chi connectivity index (χ0v) is 21.5. The fraction of sp³-hybridized carbons (Fsp3) is 0.219. The summed E-state index contributed by atoms with van der Waals surface area (Å²) in [5, 5.41) is 10.0. The molecular weight excluding hydrogens is 462 g/mol. The zero-order chi connectivity index (χ0) is 26.2. The van der Waals surface area contributed by atoms with Crippen LogP contribution in [0.3, 0.4) is 0 Å². The van der Waals surface area contributed by atoms with Crippen molar-refractivity contribution in [3.05, 3.63) is 120 Å². The Kier molecular flexibility index (Phi) is 8.60. The average Bonchev–Trinajstić information content (AvgIpc) is 2.95. The Labute approximate surface area is 218 Å². The van der Waals surface area contributed by atoms with Gasteiger partial charge in [0, 0.05) is 24.2 Å². The predicted octanol–water partition coefficient (Wildman–Crippen LogP) is 7.15. The van der Waals surface area contributed by atoms with E-state index in [1.54, 1.807) is 14.2 Å². The normalized spacial score (nSPS) is 12.6. The molecule has 0 aliphatic heterocycles. The summed E-state index contributed by atoms with van der Waals surface area (Å²) >= 11 is 0. The number of aliphatic carboxylic acids is 1. The highest BCUT2D eigenvalue weighted by molar-refractivity contribution is 5.73. The highest BCUT2D eigenvalue weighted by atomic mass is 16.5. The van der Waals surface area contributed by atoms with Crippen molar-refractivity contribution < 1.29 is 19.4 Å². The summed E-state index contributed by atoms with van der Waals surface area (Å²) in [7, 11) is 3.29. The molecule has 4 aromatic carbocycles. The molecule has 0 fully saturated rings. The number of carbonyl (C=O) groups is 1. The van der Waals surface area contributed by atoms with Gasteiger partial charge in [-0.15, -0.1) is 0 Å². The number of carboxylic acids is 1. The molecule has 190 valence electrons. The van der Waals surface area contributed by atoms with Crippen molar-refractivity contribution in [1.29, 1.82) is 0 Å². The quantitative estimate of drug-likeness (QED) is 0.239. The summed E-state index contributed by atoms with van der Waals surface area (Å²) in [6.07, 6.45) is -0.0338. The monoisotopic (exact) mass is 495 g/mol. The predicted molar refractivity (Wildman–Crippen MR) is 147 cm³/mol. The van der Waals surface area contributed by atoms with Crippen LogP contribution in [0, 0.1) is 0 Å². The first-order valence-electron chi connectivity index (χ1n) is 12.4. The van der Waals surface area contributed by atoms with Gasteiger partial charge in [0.05, 0.1) is 20.6 Å². The maximum absolute atomic E-state index is 12.2. The van der Waals surface area contributed by atoms with Crippen molar-refractivity contribution in [2.45, 2.75) is 32.0 Å². The van der Waals surface area contributed by atoms with Gasteiger partial charge in [-0.3, -0.25) is 9.69 Å². The van der Waals surface area contributed by atoms with Gasteiger partial charge in [-0.05, 0) is 53.4 Å². The summed E-state index contributed by atoms with van der Waals surface area (Å²) in [5.41, 5.74) is 5.01. The molecular formula is C32H33NO4. The summed E-state index contributed by atoms with van der Waals surface area (Å²) < 4.78 is 11.1. The summed E-state index contributed by atoms with van der Waals surface area (Å²) in [6, 6.07) is 33.8. The van der Waals surface area contributed by atoms with Crippen molar-refractivity contribution in [3.63, 3.8) is 0 Å². The number of methoxy groups -OCH3 is 2. The van der Waals surface area contributed by atoms with Crippen LogP contribution in [0.4, 0.5) is 0 Å². The molecule has 0 amide bonds. The average molecular weight is 496 g/mol. The lowest BCUT2D eigenvalue weighted by molar-refractivity contribution is -0.138. The minimum atomic E-state index is -0.845. The molecule has 0 radical (unpaired) electrons. The molecule has 0 aliphatic carbocycles. The largest absolute Gasteiger partial charge is 0.497 e. The molecule has 5 nitrogen and oxygen atoms in total. The standard InChI is InChI=1S/C32H33NO4/c1-23(25-13-8-5-9-14-25)33(22-24-11-6-4-7-12-24)30(21-32(34)35)27-17-18-31(37-3)29(20-27)26-15-10-16-28(19-26)36-2/h4-20,23,30H,21-22H2,1-3H3,(H,34,35)/t23-,30?/m1/s1. The number of ether oxygens (including phenoxy) is 2. The smallest absolute Gasteiger partial charge is 0.305 e. The maximum Gasteiger partial charge on any atom is 0.305 e. The molecule has 0 aromatic heterocycles. The van der Waals surface area contributed by atoms with Crippen LogP contribution in [0.15, 0.2) is 103 Å². The van der Waals surface area contributed by atoms with Crippen molar-refractivity contribution in [1.82, 2.24) is 4.90 Å². The molecule has 0 aliphatic rings. The van der Waals surface area contributed by atoms with E-state index in [9.17, 15) is 9.90 Å². The van der Waals surface area contributed by atoms with E-state index in [0.29, 0.717) is 6.54 Å². The highest BCUT2D eigenvalue weighted by Gasteiger charge is 2.29. The minimum absolute atomic E-state index is 0.0203. The lowest BCUT2D eigenvalue weighted by atomic mass is 9.93. The highest BCUT2D eigenvalue weighted by Crippen LogP contribution is 2.39. The van der Waals surface area contributed by atoms with E-state index < -0.39 is 5.97 Å². The van der Waals surface area contributed by atoms with E-state index in [1.807, 2.05) is 72.8 Å². The van der Waals surface area contributed by atoms with E-state index >= 15 is 0 Å². The molecule has 1 unspecified atom stereocenters. The van der Waals surface area contributed by atoms with Gasteiger partial charge in [0.25, 0.3) is 0 Å². The van der Waals surface area contributed by atoms with Gasteiger partial charge in [0.15, 0.2) is 0 Å². The number of carboxylic acid groups (broad SMARTS) is 1. The van der Waals surface area contributed by atoms with Gasteiger partial charge in [-0.25, -0.2) is 0 Å². The van der Waals surface area contributed by atoms with Crippen LogP contribution in [0.2, 0.25) is 0 Å². The summed E-state index contributed by atoms with van der Waals surface area (Å²) in [6.45, 7) is 2.75. The molecule has 4 aromatic rings. The fourth-order valence-corrected chi connectivity index (χ4v) is 4.78. The SMILES string of the molecule is COc1cccc(-c2cc(C(CC(=O)O)N(Cc3ccccc3)[C@H](C)c3ccccc3)ccc2OC)c1. The molecule has 1 N–H and O–H groups in total. The van der Waals surface area contributed by atoms with Gasteiger partial charge in [0.1, 0.15) is 11.5 Å². The third-order valence-electron chi connectivity index (χ3n) is 6.74. The second-order valence-corrected chi connectivity index (χ2v) is 9.05. The molecule has 0 spiro atoms. The Bertz CT molecular complexity index is 1310. The number of nitrogens with zero attached hydrogens (tertiary/aromatic N) is 1. The number of benzene rings is 4. The molecule has 0 bridgehead atoms. The van der Waals surface area contributed by atoms with Gasteiger partial charge in [-0.2, -0.15) is 0 Å². The number of hydrogen-bond donors (Lipinski definition) is 1. The van der Waals surface area contributed by atoms with E-state index in [1.165, 1.54) is 0 Å². The minimum Gasteiger partial charge on any atom is -0.497 e. The van der Waals surface area contributed by atoms with Crippen molar-refractivity contribution in [2.75, 3.05) is 14.2 Å². The zero-order valence-electron chi connectivity index (χ0n) is 21.5. The summed E-state index contributed by atoms with van der Waals surface area (Å²) in [5.74, 6) is 0.620. The third kappa shape index (κ3) is 6.38. The Morgan fingerprint density at radius 2 is 1.51 bits per heavy atom. The van der Waals surface area contributed by atoms with Gasteiger partial charge < -0.3 is 14.6 Å². The van der Waals surface area contributed by atoms with Crippen LogP contribution in [0.25, 0.3) is 11.1 Å². The van der Waals surface area contributed by atoms with Gasteiger partial charge in [-0.1, -0.05) is 78.9 Å². The first-order valence-corrected chi connectivity index (χ1v) is 12.4. The van der Waals surface area contributed by atoms with E-state index in [2.05, 4.69) is 42.2 Å². The Balaban J connectivity index is 1.83. The maximum atomic E-state index is 12.2. The fourth-order valence-electron chi connectivity index (χ4n) is 4.78. The van der Waals surface area contributed by atoms with Crippen LogP contribution < -0.4 is 9.47 Å². The van der Waals surface area contributed by atoms with Crippen molar-refractivity contribution >= 4 is 5.97 Å². The molecule has 37 heavy (non-hydrogen) atoms.